The molecule has 0 aliphatic carbocycles. The van der Waals surface area contributed by atoms with Crippen LogP contribution in [0.25, 0.3) is 10.8 Å². The number of carboxylic acid groups (broad SMARTS) is 1. The minimum Gasteiger partial charge on any atom is -0.478 e. The van der Waals surface area contributed by atoms with Crippen molar-refractivity contribution in [2.24, 2.45) is 0 Å². The van der Waals surface area contributed by atoms with Gasteiger partial charge in [0.2, 0.25) is 0 Å². The molecule has 1 heterocycles. The molecule has 0 saturated carbocycles. The predicted molar refractivity (Wildman–Crippen MR) is 77.0 cm³/mol. The first kappa shape index (κ1) is 12.4. The fraction of sp³-hybridized carbons (Fsp3) is 0.125. The smallest absolute Gasteiger partial charge is 0.335 e. The topological polar surface area (TPSA) is 55.1 Å². The first-order chi connectivity index (χ1) is 9.63. The van der Waals surface area contributed by atoms with Gasteiger partial charge in [-0.15, -0.1) is 0 Å². The van der Waals surface area contributed by atoms with Crippen LogP contribution < -0.4 is 0 Å². The van der Waals surface area contributed by atoms with Crippen LogP contribution in [0.5, 0.6) is 0 Å². The van der Waals surface area contributed by atoms with Crippen LogP contribution in [0, 0.1) is 6.92 Å². The van der Waals surface area contributed by atoms with Crippen LogP contribution in [0.1, 0.15) is 21.6 Å². The van der Waals surface area contributed by atoms with Gasteiger partial charge in [0.15, 0.2) is 0 Å². The number of benzene rings is 2. The van der Waals surface area contributed by atoms with Crippen molar-refractivity contribution in [2.45, 2.75) is 13.5 Å². The molecule has 4 nitrogen and oxygen atoms in total. The maximum atomic E-state index is 11.0. The molecule has 3 rings (SSSR count). The summed E-state index contributed by atoms with van der Waals surface area (Å²) in [6.45, 7) is 2.79. The van der Waals surface area contributed by atoms with Crippen molar-refractivity contribution in [3.8, 4) is 0 Å². The van der Waals surface area contributed by atoms with Gasteiger partial charge in [0.25, 0.3) is 0 Å². The molecule has 0 fully saturated rings. The van der Waals surface area contributed by atoms with Gasteiger partial charge in [-0.3, -0.25) is 0 Å². The second-order valence-corrected chi connectivity index (χ2v) is 4.86. The molecule has 0 amide bonds. The number of nitrogens with zero attached hydrogens (tertiary/aromatic N) is 2. The van der Waals surface area contributed by atoms with Gasteiger partial charge < -0.3 is 9.67 Å². The molecule has 20 heavy (non-hydrogen) atoms. The molecular formula is C16H14N2O2. The number of imidazole rings is 1. The summed E-state index contributed by atoms with van der Waals surface area (Å²) in [5.74, 6) is -0.898. The van der Waals surface area contributed by atoms with E-state index in [4.69, 9.17) is 5.11 Å². The van der Waals surface area contributed by atoms with Crippen molar-refractivity contribution in [1.29, 1.82) is 0 Å². The maximum absolute atomic E-state index is 11.0. The predicted octanol–water partition coefficient (Wildman–Crippen LogP) is 3.09. The average Bonchev–Trinajstić information content (AvgIpc) is 2.83. The standard InChI is InChI=1S/C16H14N2O2/c1-11-8-17-10-18(11)9-12-2-3-14-7-15(16(19)20)5-4-13(14)6-12/h2-8,10H,9H2,1H3,(H,19,20). The largest absolute Gasteiger partial charge is 0.478 e. The van der Waals surface area contributed by atoms with E-state index < -0.39 is 5.97 Å². The number of carboxylic acids is 1. The molecule has 2 aromatic carbocycles. The van der Waals surface area contributed by atoms with E-state index in [2.05, 4.69) is 15.6 Å². The Morgan fingerprint density at radius 1 is 1.20 bits per heavy atom. The van der Waals surface area contributed by atoms with Gasteiger partial charge in [0.1, 0.15) is 0 Å². The number of hydrogen-bond donors (Lipinski definition) is 1. The van der Waals surface area contributed by atoms with Crippen molar-refractivity contribution >= 4 is 16.7 Å². The number of aromatic carboxylic acids is 1. The minimum absolute atomic E-state index is 0.315. The summed E-state index contributed by atoms with van der Waals surface area (Å²) < 4.78 is 2.08. The average molecular weight is 266 g/mol. The van der Waals surface area contributed by atoms with E-state index in [0.29, 0.717) is 5.56 Å². The molecule has 0 aliphatic rings. The Labute approximate surface area is 116 Å². The molecule has 1 N–H and O–H groups in total. The fourth-order valence-electron chi connectivity index (χ4n) is 2.28. The Balaban J connectivity index is 1.97. The van der Waals surface area contributed by atoms with Gasteiger partial charge >= 0.3 is 5.97 Å². The summed E-state index contributed by atoms with van der Waals surface area (Å²) >= 11 is 0. The van der Waals surface area contributed by atoms with Gasteiger partial charge in [-0.2, -0.15) is 0 Å². The molecule has 0 unspecified atom stereocenters. The summed E-state index contributed by atoms with van der Waals surface area (Å²) in [4.78, 5) is 15.1. The SMILES string of the molecule is Cc1cncn1Cc1ccc2cc(C(=O)O)ccc2c1. The molecule has 0 aliphatic heterocycles. The Kier molecular flexibility index (Phi) is 2.99. The molecule has 4 heteroatoms. The number of carbonyl (C=O) groups is 1. The van der Waals surface area contributed by atoms with Crippen LogP contribution in [-0.2, 0) is 6.54 Å². The lowest BCUT2D eigenvalue weighted by molar-refractivity contribution is 0.0697. The highest BCUT2D eigenvalue weighted by molar-refractivity contribution is 5.94. The molecule has 0 atom stereocenters. The first-order valence-corrected chi connectivity index (χ1v) is 6.36. The van der Waals surface area contributed by atoms with E-state index in [9.17, 15) is 4.79 Å². The van der Waals surface area contributed by atoms with E-state index in [0.717, 1.165) is 23.0 Å². The Bertz CT molecular complexity index is 790. The monoisotopic (exact) mass is 266 g/mol. The van der Waals surface area contributed by atoms with Crippen molar-refractivity contribution in [1.82, 2.24) is 9.55 Å². The molecule has 0 bridgehead atoms. The lowest BCUT2D eigenvalue weighted by Crippen LogP contribution is -2.00. The molecule has 100 valence electrons. The van der Waals surface area contributed by atoms with Crippen LogP contribution in [0.4, 0.5) is 0 Å². The van der Waals surface area contributed by atoms with Gasteiger partial charge in [0.05, 0.1) is 11.9 Å². The number of hydrogen-bond acceptors (Lipinski definition) is 2. The van der Waals surface area contributed by atoms with Crippen molar-refractivity contribution in [3.63, 3.8) is 0 Å². The van der Waals surface area contributed by atoms with Gasteiger partial charge in [-0.05, 0) is 41.5 Å². The Morgan fingerprint density at radius 2 is 1.95 bits per heavy atom. The lowest BCUT2D eigenvalue weighted by atomic mass is 10.0. The van der Waals surface area contributed by atoms with Gasteiger partial charge in [-0.1, -0.05) is 18.2 Å². The molecule has 0 radical (unpaired) electrons. The summed E-state index contributed by atoms with van der Waals surface area (Å²) in [5, 5.41) is 11.0. The fourth-order valence-corrected chi connectivity index (χ4v) is 2.28. The summed E-state index contributed by atoms with van der Waals surface area (Å²) in [6.07, 6.45) is 3.65. The third-order valence-corrected chi connectivity index (χ3v) is 3.42. The summed E-state index contributed by atoms with van der Waals surface area (Å²) in [7, 11) is 0. The first-order valence-electron chi connectivity index (χ1n) is 6.36. The van der Waals surface area contributed by atoms with E-state index in [-0.39, 0.29) is 0 Å². The van der Waals surface area contributed by atoms with Crippen LogP contribution in [-0.4, -0.2) is 20.6 Å². The zero-order chi connectivity index (χ0) is 14.1. The maximum Gasteiger partial charge on any atom is 0.335 e. The highest BCUT2D eigenvalue weighted by atomic mass is 16.4. The van der Waals surface area contributed by atoms with Crippen LogP contribution >= 0.6 is 0 Å². The van der Waals surface area contributed by atoms with Crippen molar-refractivity contribution < 1.29 is 9.90 Å². The highest BCUT2D eigenvalue weighted by Crippen LogP contribution is 2.19. The Hall–Kier alpha value is -2.62. The number of aromatic nitrogens is 2. The minimum atomic E-state index is -0.898. The van der Waals surface area contributed by atoms with Gasteiger partial charge in [0, 0.05) is 18.4 Å². The number of aryl methyl sites for hydroxylation is 1. The lowest BCUT2D eigenvalue weighted by Gasteiger charge is -2.07. The summed E-state index contributed by atoms with van der Waals surface area (Å²) in [5.41, 5.74) is 2.60. The third-order valence-electron chi connectivity index (χ3n) is 3.42. The third kappa shape index (κ3) is 2.28. The quantitative estimate of drug-likeness (QED) is 0.792. The van der Waals surface area contributed by atoms with Gasteiger partial charge in [-0.25, -0.2) is 9.78 Å². The van der Waals surface area contributed by atoms with Crippen LogP contribution in [0.2, 0.25) is 0 Å². The summed E-state index contributed by atoms with van der Waals surface area (Å²) in [6, 6.07) is 11.3. The molecule has 1 aromatic heterocycles. The van der Waals surface area contributed by atoms with Crippen molar-refractivity contribution in [2.75, 3.05) is 0 Å². The zero-order valence-corrected chi connectivity index (χ0v) is 11.1. The normalized spacial score (nSPS) is 10.8. The van der Waals surface area contributed by atoms with Crippen LogP contribution in [0.15, 0.2) is 48.9 Å². The van der Waals surface area contributed by atoms with E-state index >= 15 is 0 Å². The van der Waals surface area contributed by atoms with E-state index in [1.807, 2.05) is 37.6 Å². The van der Waals surface area contributed by atoms with Crippen molar-refractivity contribution in [3.05, 3.63) is 65.7 Å². The highest BCUT2D eigenvalue weighted by Gasteiger charge is 2.05. The zero-order valence-electron chi connectivity index (χ0n) is 11.1. The second-order valence-electron chi connectivity index (χ2n) is 4.86. The molecule has 0 saturated heterocycles. The van der Waals surface area contributed by atoms with E-state index in [1.165, 1.54) is 5.56 Å². The van der Waals surface area contributed by atoms with Crippen LogP contribution in [0.3, 0.4) is 0 Å². The second kappa shape index (κ2) is 4.81. The number of rotatable bonds is 3. The molecular weight excluding hydrogens is 252 g/mol. The molecule has 3 aromatic rings. The molecule has 0 spiro atoms. The number of fused-ring (bicyclic) bond motifs is 1. The Morgan fingerprint density at radius 3 is 2.65 bits per heavy atom. The van der Waals surface area contributed by atoms with E-state index in [1.54, 1.807) is 12.1 Å².